The summed E-state index contributed by atoms with van der Waals surface area (Å²) in [4.78, 5) is 23.5. The summed E-state index contributed by atoms with van der Waals surface area (Å²) in [5.74, 6) is -0.585. The van der Waals surface area contributed by atoms with Gasteiger partial charge in [-0.25, -0.2) is 4.79 Å². The van der Waals surface area contributed by atoms with E-state index in [-0.39, 0.29) is 5.91 Å². The van der Waals surface area contributed by atoms with Gasteiger partial charge in [-0.1, -0.05) is 13.0 Å². The smallest absolute Gasteiger partial charge is 0.337 e. The highest BCUT2D eigenvalue weighted by Gasteiger charge is 2.26. The minimum Gasteiger partial charge on any atom is -0.465 e. The van der Waals surface area contributed by atoms with Crippen LogP contribution < -0.4 is 10.6 Å². The molecule has 5 heteroatoms. The first-order valence-electron chi connectivity index (χ1n) is 6.15. The van der Waals surface area contributed by atoms with Crippen molar-refractivity contribution in [1.82, 2.24) is 5.32 Å². The monoisotopic (exact) mass is 264 g/mol. The molecule has 0 radical (unpaired) electrons. The highest BCUT2D eigenvalue weighted by molar-refractivity contribution is 5.98. The molecule has 1 amide bonds. The van der Waals surface area contributed by atoms with E-state index in [9.17, 15) is 9.59 Å². The topological polar surface area (TPSA) is 67.4 Å². The van der Waals surface area contributed by atoms with E-state index in [1.54, 1.807) is 38.1 Å². The summed E-state index contributed by atoms with van der Waals surface area (Å²) in [5, 5.41) is 5.86. The number of hydrogen-bond donors (Lipinski definition) is 2. The molecular formula is C14H20N2O3. The van der Waals surface area contributed by atoms with Crippen LogP contribution in [0.5, 0.6) is 0 Å². The molecule has 2 N–H and O–H groups in total. The van der Waals surface area contributed by atoms with Crippen molar-refractivity contribution in [2.45, 2.75) is 26.3 Å². The largest absolute Gasteiger partial charge is 0.465 e. The maximum Gasteiger partial charge on any atom is 0.337 e. The summed E-state index contributed by atoms with van der Waals surface area (Å²) in [6, 6.07) is 6.65. The van der Waals surface area contributed by atoms with Gasteiger partial charge in [0.15, 0.2) is 0 Å². The minimum absolute atomic E-state index is 0.156. The summed E-state index contributed by atoms with van der Waals surface area (Å²) < 4.78 is 4.64. The number of nitrogens with one attached hydrogen (secondary N) is 2. The Balaban J connectivity index is 2.83. The van der Waals surface area contributed by atoms with Crippen LogP contribution in [0.15, 0.2) is 24.3 Å². The number of carbonyl (C=O) groups excluding carboxylic acids is 2. The summed E-state index contributed by atoms with van der Waals surface area (Å²) >= 11 is 0. The van der Waals surface area contributed by atoms with Crippen LogP contribution in [0.3, 0.4) is 0 Å². The van der Waals surface area contributed by atoms with E-state index in [0.29, 0.717) is 17.8 Å². The van der Waals surface area contributed by atoms with Crippen molar-refractivity contribution < 1.29 is 14.3 Å². The fraction of sp³-hybridized carbons (Fsp3) is 0.429. The summed E-state index contributed by atoms with van der Waals surface area (Å²) in [5.41, 5.74) is 0.302. The van der Waals surface area contributed by atoms with E-state index in [1.165, 1.54) is 7.11 Å². The first-order valence-corrected chi connectivity index (χ1v) is 6.15. The number of likely N-dealkylation sites (N-methyl/N-ethyl adjacent to an activating group) is 1. The number of anilines is 1. The first-order chi connectivity index (χ1) is 8.90. The Bertz CT molecular complexity index is 470. The van der Waals surface area contributed by atoms with Gasteiger partial charge in [0.2, 0.25) is 5.91 Å². The Morgan fingerprint density at radius 1 is 1.32 bits per heavy atom. The number of carbonyl (C=O) groups is 2. The van der Waals surface area contributed by atoms with Crippen LogP contribution in [0.4, 0.5) is 5.69 Å². The third kappa shape index (κ3) is 4.06. The van der Waals surface area contributed by atoms with Crippen molar-refractivity contribution in [2.75, 3.05) is 19.0 Å². The molecule has 1 aromatic carbocycles. The van der Waals surface area contributed by atoms with E-state index in [2.05, 4.69) is 15.4 Å². The van der Waals surface area contributed by atoms with Crippen LogP contribution >= 0.6 is 0 Å². The Morgan fingerprint density at radius 3 is 2.58 bits per heavy atom. The van der Waals surface area contributed by atoms with E-state index < -0.39 is 11.5 Å². The Kier molecular flexibility index (Phi) is 5.06. The lowest BCUT2D eigenvalue weighted by Gasteiger charge is -2.24. The zero-order valence-electron chi connectivity index (χ0n) is 11.7. The number of amides is 1. The van der Waals surface area contributed by atoms with E-state index in [1.807, 2.05) is 6.92 Å². The van der Waals surface area contributed by atoms with Crippen molar-refractivity contribution in [2.24, 2.45) is 0 Å². The van der Waals surface area contributed by atoms with Crippen LogP contribution in [-0.4, -0.2) is 31.1 Å². The predicted molar refractivity (Wildman–Crippen MR) is 74.2 cm³/mol. The average Bonchev–Trinajstić information content (AvgIpc) is 2.38. The van der Waals surface area contributed by atoms with Gasteiger partial charge in [0.1, 0.15) is 0 Å². The Morgan fingerprint density at radius 2 is 2.00 bits per heavy atom. The van der Waals surface area contributed by atoms with Crippen LogP contribution in [-0.2, 0) is 9.53 Å². The molecule has 104 valence electrons. The van der Waals surface area contributed by atoms with E-state index in [0.717, 1.165) is 0 Å². The Labute approximate surface area is 113 Å². The molecule has 0 aliphatic rings. The van der Waals surface area contributed by atoms with Gasteiger partial charge in [-0.05, 0) is 38.6 Å². The molecule has 1 rings (SSSR count). The van der Waals surface area contributed by atoms with Gasteiger partial charge in [0.25, 0.3) is 0 Å². The van der Waals surface area contributed by atoms with Crippen molar-refractivity contribution in [3.8, 4) is 0 Å². The van der Waals surface area contributed by atoms with Crippen LogP contribution in [0, 0.1) is 0 Å². The second kappa shape index (κ2) is 6.33. The third-order valence-electron chi connectivity index (χ3n) is 2.73. The molecule has 0 spiro atoms. The van der Waals surface area contributed by atoms with Gasteiger partial charge >= 0.3 is 5.97 Å². The first kappa shape index (κ1) is 15.2. The van der Waals surface area contributed by atoms with Gasteiger partial charge < -0.3 is 15.4 Å². The van der Waals surface area contributed by atoms with Gasteiger partial charge in [0.05, 0.1) is 18.2 Å². The Hall–Kier alpha value is -1.88. The molecule has 1 aromatic rings. The molecule has 0 saturated carbocycles. The molecule has 0 aromatic heterocycles. The van der Waals surface area contributed by atoms with Crippen LogP contribution in [0.1, 0.15) is 31.1 Å². The zero-order chi connectivity index (χ0) is 14.5. The summed E-state index contributed by atoms with van der Waals surface area (Å²) in [7, 11) is 1.32. The average molecular weight is 264 g/mol. The normalized spacial score (nSPS) is 10.9. The molecule has 0 unspecified atom stereocenters. The quantitative estimate of drug-likeness (QED) is 0.796. The predicted octanol–water partition coefficient (Wildman–Crippen LogP) is 1.80. The fourth-order valence-corrected chi connectivity index (χ4v) is 1.65. The van der Waals surface area contributed by atoms with Gasteiger partial charge in [-0.3, -0.25) is 4.79 Å². The maximum atomic E-state index is 12.1. The molecule has 5 nitrogen and oxygen atoms in total. The number of hydrogen-bond acceptors (Lipinski definition) is 4. The van der Waals surface area contributed by atoms with E-state index >= 15 is 0 Å². The standard InChI is InChI=1S/C14H20N2O3/c1-5-15-14(2,3)13(18)16-11-8-6-7-10(9-11)12(17)19-4/h6-9,15H,5H2,1-4H3,(H,16,18). The molecule has 0 saturated heterocycles. The van der Waals surface area contributed by atoms with Crippen molar-refractivity contribution in [1.29, 1.82) is 0 Å². The number of methoxy groups -OCH3 is 1. The second-order valence-electron chi connectivity index (χ2n) is 4.68. The van der Waals surface area contributed by atoms with Crippen molar-refractivity contribution in [3.63, 3.8) is 0 Å². The lowest BCUT2D eigenvalue weighted by atomic mass is 10.0. The number of benzene rings is 1. The number of rotatable bonds is 5. The van der Waals surface area contributed by atoms with Gasteiger partial charge in [-0.15, -0.1) is 0 Å². The number of ether oxygens (including phenoxy) is 1. The zero-order valence-corrected chi connectivity index (χ0v) is 11.7. The summed E-state index contributed by atoms with van der Waals surface area (Å²) in [6.45, 7) is 6.24. The number of esters is 1. The molecule has 0 heterocycles. The van der Waals surface area contributed by atoms with Crippen molar-refractivity contribution >= 4 is 17.6 Å². The van der Waals surface area contributed by atoms with Crippen LogP contribution in [0.25, 0.3) is 0 Å². The molecule has 0 aliphatic heterocycles. The molecular weight excluding hydrogens is 244 g/mol. The SMILES string of the molecule is CCNC(C)(C)C(=O)Nc1cccc(C(=O)OC)c1. The molecule has 19 heavy (non-hydrogen) atoms. The van der Waals surface area contributed by atoms with Gasteiger partial charge in [0, 0.05) is 5.69 Å². The highest BCUT2D eigenvalue weighted by atomic mass is 16.5. The van der Waals surface area contributed by atoms with Gasteiger partial charge in [-0.2, -0.15) is 0 Å². The molecule has 0 atom stereocenters. The van der Waals surface area contributed by atoms with E-state index in [4.69, 9.17) is 0 Å². The lowest BCUT2D eigenvalue weighted by Crippen LogP contribution is -2.49. The molecule has 0 fully saturated rings. The molecule has 0 bridgehead atoms. The second-order valence-corrected chi connectivity index (χ2v) is 4.68. The lowest BCUT2D eigenvalue weighted by molar-refractivity contribution is -0.121. The van der Waals surface area contributed by atoms with Crippen molar-refractivity contribution in [3.05, 3.63) is 29.8 Å². The minimum atomic E-state index is -0.671. The third-order valence-corrected chi connectivity index (χ3v) is 2.73. The molecule has 0 aliphatic carbocycles. The highest BCUT2D eigenvalue weighted by Crippen LogP contribution is 2.14. The maximum absolute atomic E-state index is 12.1. The summed E-state index contributed by atoms with van der Waals surface area (Å²) in [6.07, 6.45) is 0. The van der Waals surface area contributed by atoms with Crippen LogP contribution in [0.2, 0.25) is 0 Å². The fourth-order valence-electron chi connectivity index (χ4n) is 1.65.